The Morgan fingerprint density at radius 2 is 1.96 bits per heavy atom. The lowest BCUT2D eigenvalue weighted by Gasteiger charge is -2.32. The Morgan fingerprint density at radius 1 is 1.30 bits per heavy atom. The Bertz CT molecular complexity index is 559. The summed E-state index contributed by atoms with van der Waals surface area (Å²) in [5.41, 5.74) is 0.475. The fraction of sp³-hybridized carbons (Fsp3) is 0.750. The van der Waals surface area contributed by atoms with Crippen LogP contribution in [0.3, 0.4) is 0 Å². The van der Waals surface area contributed by atoms with Gasteiger partial charge in [-0.15, -0.1) is 0 Å². The van der Waals surface area contributed by atoms with Crippen molar-refractivity contribution >= 4 is 17.8 Å². The quantitative estimate of drug-likeness (QED) is 0.510. The maximum absolute atomic E-state index is 12.6. The van der Waals surface area contributed by atoms with Crippen molar-refractivity contribution in [1.82, 2.24) is 15.1 Å². The summed E-state index contributed by atoms with van der Waals surface area (Å²) in [4.78, 5) is 40.4. The summed E-state index contributed by atoms with van der Waals surface area (Å²) in [5, 5.41) is 2.77. The number of carbonyl (C=O) groups excluding carboxylic acids is 3. The van der Waals surface area contributed by atoms with Gasteiger partial charge in [-0.05, 0) is 46.2 Å². The monoisotopic (exact) mass is 381 g/mol. The third-order valence-corrected chi connectivity index (χ3v) is 5.03. The molecule has 0 bridgehead atoms. The van der Waals surface area contributed by atoms with Crippen molar-refractivity contribution < 1.29 is 19.1 Å². The summed E-state index contributed by atoms with van der Waals surface area (Å²) in [5.74, 6) is -0.548. The van der Waals surface area contributed by atoms with Crippen LogP contribution in [0.25, 0.3) is 0 Å². The van der Waals surface area contributed by atoms with Crippen LogP contribution < -0.4 is 5.32 Å². The van der Waals surface area contributed by atoms with Gasteiger partial charge in [-0.3, -0.25) is 14.5 Å². The van der Waals surface area contributed by atoms with Crippen LogP contribution in [0, 0.1) is 5.92 Å². The first-order valence-corrected chi connectivity index (χ1v) is 9.78. The third kappa shape index (κ3) is 6.97. The molecule has 0 aromatic carbocycles. The molecule has 0 radical (unpaired) electrons. The molecule has 1 saturated heterocycles. The van der Waals surface area contributed by atoms with Gasteiger partial charge in [0.2, 0.25) is 11.8 Å². The molecule has 1 aliphatic rings. The van der Waals surface area contributed by atoms with Gasteiger partial charge in [0.15, 0.2) is 0 Å². The lowest BCUT2D eigenvalue weighted by Crippen LogP contribution is -2.51. The van der Waals surface area contributed by atoms with Crippen molar-refractivity contribution in [2.75, 3.05) is 33.8 Å². The van der Waals surface area contributed by atoms with E-state index in [1.807, 2.05) is 25.8 Å². The van der Waals surface area contributed by atoms with Gasteiger partial charge >= 0.3 is 5.97 Å². The Kier molecular flexibility index (Phi) is 9.49. The van der Waals surface area contributed by atoms with E-state index < -0.39 is 0 Å². The van der Waals surface area contributed by atoms with Gasteiger partial charge in [0.25, 0.3) is 0 Å². The highest BCUT2D eigenvalue weighted by Crippen LogP contribution is 2.16. The van der Waals surface area contributed by atoms with Gasteiger partial charge in [0.05, 0.1) is 25.2 Å². The summed E-state index contributed by atoms with van der Waals surface area (Å²) < 4.78 is 5.01. The molecule has 1 unspecified atom stereocenters. The molecule has 0 spiro atoms. The Hall–Kier alpha value is -1.89. The number of likely N-dealkylation sites (N-methyl/N-ethyl adjacent to an activating group) is 2. The van der Waals surface area contributed by atoms with E-state index in [0.717, 1.165) is 25.8 Å². The van der Waals surface area contributed by atoms with Crippen LogP contribution >= 0.6 is 0 Å². The summed E-state index contributed by atoms with van der Waals surface area (Å²) in [6.07, 6.45) is 4.72. The van der Waals surface area contributed by atoms with Gasteiger partial charge in [-0.25, -0.2) is 4.79 Å². The van der Waals surface area contributed by atoms with Crippen molar-refractivity contribution in [3.05, 3.63) is 11.6 Å². The van der Waals surface area contributed by atoms with Gasteiger partial charge in [-0.2, -0.15) is 0 Å². The van der Waals surface area contributed by atoms with Crippen LogP contribution in [0.4, 0.5) is 0 Å². The molecule has 1 fully saturated rings. The first-order valence-electron chi connectivity index (χ1n) is 9.78. The molecule has 2 atom stereocenters. The first-order chi connectivity index (χ1) is 12.7. The number of nitrogens with one attached hydrogen (secondary N) is 1. The van der Waals surface area contributed by atoms with Crippen LogP contribution in [0.15, 0.2) is 11.6 Å². The van der Waals surface area contributed by atoms with E-state index in [-0.39, 0.29) is 42.3 Å². The van der Waals surface area contributed by atoms with E-state index in [0.29, 0.717) is 12.2 Å². The average Bonchev–Trinajstić information content (AvgIpc) is 2.63. The number of rotatable bonds is 8. The number of amides is 2. The SMILES string of the molecule is CCOC(=O)/C(C)=C/[C@H](C(C)C)N(C)C(=O)CNC(=O)C1CCCCN1C. The van der Waals surface area contributed by atoms with E-state index >= 15 is 0 Å². The lowest BCUT2D eigenvalue weighted by molar-refractivity contribution is -0.138. The van der Waals surface area contributed by atoms with Gasteiger partial charge in [0, 0.05) is 12.6 Å². The Morgan fingerprint density at radius 3 is 2.52 bits per heavy atom. The maximum atomic E-state index is 12.6. The molecule has 154 valence electrons. The normalized spacial score (nSPS) is 19.5. The topological polar surface area (TPSA) is 79.0 Å². The van der Waals surface area contributed by atoms with Gasteiger partial charge in [0.1, 0.15) is 0 Å². The molecule has 0 aromatic rings. The highest BCUT2D eigenvalue weighted by molar-refractivity contribution is 5.89. The predicted molar refractivity (Wildman–Crippen MR) is 105 cm³/mol. The van der Waals surface area contributed by atoms with Crippen LogP contribution in [-0.4, -0.2) is 73.5 Å². The molecule has 27 heavy (non-hydrogen) atoms. The van der Waals surface area contributed by atoms with Crippen LogP contribution in [0.1, 0.15) is 47.0 Å². The first kappa shape index (κ1) is 23.1. The van der Waals surface area contributed by atoms with Crippen molar-refractivity contribution in [3.63, 3.8) is 0 Å². The number of hydrogen-bond acceptors (Lipinski definition) is 5. The summed E-state index contributed by atoms with van der Waals surface area (Å²) >= 11 is 0. The zero-order valence-corrected chi connectivity index (χ0v) is 17.6. The second-order valence-corrected chi connectivity index (χ2v) is 7.52. The molecule has 7 nitrogen and oxygen atoms in total. The fourth-order valence-corrected chi connectivity index (χ4v) is 3.30. The van der Waals surface area contributed by atoms with E-state index in [2.05, 4.69) is 5.32 Å². The van der Waals surface area contributed by atoms with Crippen molar-refractivity contribution in [2.45, 2.75) is 59.0 Å². The number of ether oxygens (including phenoxy) is 1. The van der Waals surface area contributed by atoms with Crippen molar-refractivity contribution in [1.29, 1.82) is 0 Å². The molecular weight excluding hydrogens is 346 g/mol. The average molecular weight is 382 g/mol. The minimum atomic E-state index is -0.377. The number of carbonyl (C=O) groups is 3. The standard InChI is InChI=1S/C20H35N3O4/c1-7-27-20(26)15(4)12-17(14(2)3)23(6)18(24)13-21-19(25)16-10-8-9-11-22(16)5/h12,14,16-17H,7-11,13H2,1-6H3,(H,21,25)/b15-12+/t16?,17-/m1/s1. The third-order valence-electron chi connectivity index (χ3n) is 5.03. The number of esters is 1. The molecule has 1 aliphatic heterocycles. The predicted octanol–water partition coefficient (Wildman–Crippen LogP) is 1.58. The molecule has 0 aliphatic carbocycles. The second-order valence-electron chi connectivity index (χ2n) is 7.52. The second kappa shape index (κ2) is 11.1. The molecule has 7 heteroatoms. The largest absolute Gasteiger partial charge is 0.463 e. The highest BCUT2D eigenvalue weighted by Gasteiger charge is 2.27. The summed E-state index contributed by atoms with van der Waals surface area (Å²) in [6, 6.07) is -0.417. The van der Waals surface area contributed by atoms with Gasteiger partial charge < -0.3 is 15.0 Å². The Balaban J connectivity index is 2.69. The van der Waals surface area contributed by atoms with Crippen LogP contribution in [-0.2, 0) is 19.1 Å². The molecule has 1 heterocycles. The summed E-state index contributed by atoms with van der Waals surface area (Å²) in [6.45, 7) is 8.58. The maximum Gasteiger partial charge on any atom is 0.333 e. The number of nitrogens with zero attached hydrogens (tertiary/aromatic N) is 2. The van der Waals surface area contributed by atoms with Crippen molar-refractivity contribution in [3.8, 4) is 0 Å². The highest BCUT2D eigenvalue weighted by atomic mass is 16.5. The van der Waals surface area contributed by atoms with Crippen LogP contribution in [0.2, 0.25) is 0 Å². The summed E-state index contributed by atoms with van der Waals surface area (Å²) in [7, 11) is 3.63. The number of hydrogen-bond donors (Lipinski definition) is 1. The van der Waals surface area contributed by atoms with E-state index in [1.54, 1.807) is 31.9 Å². The zero-order chi connectivity index (χ0) is 20.6. The molecule has 0 aromatic heterocycles. The molecule has 1 rings (SSSR count). The lowest BCUT2D eigenvalue weighted by atomic mass is 10.00. The van der Waals surface area contributed by atoms with Crippen molar-refractivity contribution in [2.24, 2.45) is 5.92 Å². The van der Waals surface area contributed by atoms with E-state index in [1.165, 1.54) is 0 Å². The number of piperidine rings is 1. The van der Waals surface area contributed by atoms with Crippen LogP contribution in [0.5, 0.6) is 0 Å². The minimum absolute atomic E-state index is 0.0464. The van der Waals surface area contributed by atoms with E-state index in [9.17, 15) is 14.4 Å². The minimum Gasteiger partial charge on any atom is -0.463 e. The fourth-order valence-electron chi connectivity index (χ4n) is 3.30. The molecule has 0 saturated carbocycles. The molecule has 2 amide bonds. The molecule has 1 N–H and O–H groups in total. The smallest absolute Gasteiger partial charge is 0.333 e. The zero-order valence-electron chi connectivity index (χ0n) is 17.6. The van der Waals surface area contributed by atoms with E-state index in [4.69, 9.17) is 4.74 Å². The number of likely N-dealkylation sites (tertiary alicyclic amines) is 1. The Labute approximate surface area is 163 Å². The molecular formula is C20H35N3O4. The van der Waals surface area contributed by atoms with Gasteiger partial charge in [-0.1, -0.05) is 26.3 Å².